The Bertz CT molecular complexity index is 1180. The minimum atomic E-state index is -3.37. The lowest BCUT2D eigenvalue weighted by atomic mass is 9.92. The normalized spacial score (nSPS) is 16.8. The largest absolute Gasteiger partial charge is 0.395 e. The average Bonchev–Trinajstić information content (AvgIpc) is 3.30. The Hall–Kier alpha value is -2.42. The Kier molecular flexibility index (Phi) is 7.07. The lowest BCUT2D eigenvalue weighted by molar-refractivity contribution is -0.110. The molecule has 1 aromatic heterocycles. The van der Waals surface area contributed by atoms with Gasteiger partial charge in [0.2, 0.25) is 0 Å². The maximum absolute atomic E-state index is 12.8. The summed E-state index contributed by atoms with van der Waals surface area (Å²) in [5, 5.41) is 12.0. The SMILES string of the molecule is CCS(=O)(=O)c1ccc2c(c1)/C(=C\c1[nH]c3c(c1CCCN(C)CCO)CCCC3)C(=O)N2. The van der Waals surface area contributed by atoms with E-state index in [1.54, 1.807) is 25.1 Å². The van der Waals surface area contributed by atoms with Crippen molar-refractivity contribution >= 4 is 33.1 Å². The first kappa shape index (κ1) is 23.7. The second-order valence-electron chi connectivity index (χ2n) is 8.93. The zero-order valence-corrected chi connectivity index (χ0v) is 20.2. The van der Waals surface area contributed by atoms with Gasteiger partial charge in [-0.2, -0.15) is 0 Å². The molecule has 0 bridgehead atoms. The first-order valence-electron chi connectivity index (χ1n) is 11.8. The molecule has 7 nitrogen and oxygen atoms in total. The van der Waals surface area contributed by atoms with E-state index in [1.165, 1.54) is 23.2 Å². The van der Waals surface area contributed by atoms with Crippen molar-refractivity contribution in [3.63, 3.8) is 0 Å². The van der Waals surface area contributed by atoms with Crippen LogP contribution in [-0.4, -0.2) is 61.8 Å². The third kappa shape index (κ3) is 4.93. The Labute approximate surface area is 195 Å². The molecule has 0 saturated carbocycles. The fourth-order valence-electron chi connectivity index (χ4n) is 4.81. The minimum Gasteiger partial charge on any atom is -0.395 e. The van der Waals surface area contributed by atoms with Crippen LogP contribution >= 0.6 is 0 Å². The number of hydrogen-bond acceptors (Lipinski definition) is 5. The molecule has 2 aromatic rings. The van der Waals surface area contributed by atoms with Gasteiger partial charge in [-0.25, -0.2) is 8.42 Å². The third-order valence-electron chi connectivity index (χ3n) is 6.69. The summed E-state index contributed by atoms with van der Waals surface area (Å²) in [6, 6.07) is 4.85. The molecule has 2 aliphatic rings. The van der Waals surface area contributed by atoms with Crippen molar-refractivity contribution in [1.29, 1.82) is 0 Å². The van der Waals surface area contributed by atoms with Crippen LogP contribution in [0.2, 0.25) is 0 Å². The van der Waals surface area contributed by atoms with Gasteiger partial charge in [-0.1, -0.05) is 6.92 Å². The number of fused-ring (bicyclic) bond motifs is 2. The number of nitrogens with one attached hydrogen (secondary N) is 2. The zero-order chi connectivity index (χ0) is 23.6. The highest BCUT2D eigenvalue weighted by Gasteiger charge is 2.28. The number of likely N-dealkylation sites (N-methyl/N-ethyl adjacent to an activating group) is 1. The van der Waals surface area contributed by atoms with Gasteiger partial charge in [-0.05, 0) is 87.5 Å². The van der Waals surface area contributed by atoms with Crippen LogP contribution in [-0.2, 0) is 33.9 Å². The van der Waals surface area contributed by atoms with E-state index >= 15 is 0 Å². The zero-order valence-electron chi connectivity index (χ0n) is 19.4. The van der Waals surface area contributed by atoms with E-state index in [0.717, 1.165) is 44.3 Å². The molecule has 1 amide bonds. The number of amides is 1. The van der Waals surface area contributed by atoms with Crippen molar-refractivity contribution in [3.05, 3.63) is 46.3 Å². The monoisotopic (exact) mass is 471 g/mol. The predicted molar refractivity (Wildman–Crippen MR) is 131 cm³/mol. The minimum absolute atomic E-state index is 0.0183. The molecular formula is C25H33N3O4S. The van der Waals surface area contributed by atoms with Crippen molar-refractivity contribution in [2.45, 2.75) is 50.3 Å². The number of aryl methyl sites for hydroxylation is 1. The molecule has 0 radical (unpaired) electrons. The van der Waals surface area contributed by atoms with Gasteiger partial charge in [0.1, 0.15) is 0 Å². The molecule has 1 aliphatic heterocycles. The van der Waals surface area contributed by atoms with E-state index in [2.05, 4.69) is 15.2 Å². The van der Waals surface area contributed by atoms with E-state index in [-0.39, 0.29) is 23.2 Å². The Balaban J connectivity index is 1.70. The van der Waals surface area contributed by atoms with Crippen LogP contribution in [0.5, 0.6) is 0 Å². The lowest BCUT2D eigenvalue weighted by Crippen LogP contribution is -2.23. The molecule has 0 fully saturated rings. The topological polar surface area (TPSA) is 102 Å². The molecular weight excluding hydrogens is 438 g/mol. The first-order valence-corrected chi connectivity index (χ1v) is 13.4. The molecule has 3 N–H and O–H groups in total. The Morgan fingerprint density at radius 3 is 2.73 bits per heavy atom. The summed E-state index contributed by atoms with van der Waals surface area (Å²) in [6.45, 7) is 3.31. The number of aliphatic hydroxyl groups excluding tert-OH is 1. The number of aromatic nitrogens is 1. The smallest absolute Gasteiger partial charge is 0.256 e. The third-order valence-corrected chi connectivity index (χ3v) is 8.43. The summed E-state index contributed by atoms with van der Waals surface area (Å²) < 4.78 is 24.8. The molecule has 178 valence electrons. The maximum Gasteiger partial charge on any atom is 0.256 e. The number of hydrogen-bond donors (Lipinski definition) is 3. The van der Waals surface area contributed by atoms with Crippen molar-refractivity contribution < 1.29 is 18.3 Å². The van der Waals surface area contributed by atoms with E-state index in [9.17, 15) is 13.2 Å². The van der Waals surface area contributed by atoms with Crippen molar-refractivity contribution in [3.8, 4) is 0 Å². The van der Waals surface area contributed by atoms with Crippen LogP contribution in [0, 0.1) is 0 Å². The van der Waals surface area contributed by atoms with Crippen LogP contribution < -0.4 is 5.32 Å². The van der Waals surface area contributed by atoms with Crippen LogP contribution in [0.15, 0.2) is 23.1 Å². The Morgan fingerprint density at radius 2 is 1.97 bits per heavy atom. The summed E-state index contributed by atoms with van der Waals surface area (Å²) in [5.74, 6) is -0.193. The molecule has 33 heavy (non-hydrogen) atoms. The molecule has 0 unspecified atom stereocenters. The number of benzene rings is 1. The maximum atomic E-state index is 12.8. The summed E-state index contributed by atoms with van der Waals surface area (Å²) in [5.41, 5.74) is 6.61. The van der Waals surface area contributed by atoms with Crippen LogP contribution in [0.25, 0.3) is 11.6 Å². The second kappa shape index (κ2) is 9.83. The summed E-state index contributed by atoms with van der Waals surface area (Å²) in [6.07, 6.45) is 8.12. The van der Waals surface area contributed by atoms with Crippen molar-refractivity contribution in [2.24, 2.45) is 0 Å². The van der Waals surface area contributed by atoms with Crippen LogP contribution in [0.3, 0.4) is 0 Å². The summed E-state index contributed by atoms with van der Waals surface area (Å²) >= 11 is 0. The highest BCUT2D eigenvalue weighted by atomic mass is 32.2. The molecule has 8 heteroatoms. The second-order valence-corrected chi connectivity index (χ2v) is 11.2. The van der Waals surface area contributed by atoms with Crippen molar-refractivity contribution in [2.75, 3.05) is 37.8 Å². The molecule has 2 heterocycles. The van der Waals surface area contributed by atoms with Gasteiger partial charge in [-0.3, -0.25) is 4.79 Å². The number of carbonyl (C=O) groups excluding carboxylic acids is 1. The van der Waals surface area contributed by atoms with E-state index in [4.69, 9.17) is 5.11 Å². The number of aliphatic hydroxyl groups is 1. The van der Waals surface area contributed by atoms with Gasteiger partial charge in [0.25, 0.3) is 5.91 Å². The van der Waals surface area contributed by atoms with Gasteiger partial charge in [0, 0.05) is 29.2 Å². The van der Waals surface area contributed by atoms with Gasteiger partial charge in [0.05, 0.1) is 22.8 Å². The number of rotatable bonds is 9. The van der Waals surface area contributed by atoms with E-state index < -0.39 is 9.84 Å². The number of H-pyrrole nitrogens is 1. The molecule has 0 saturated heterocycles. The number of carbonyl (C=O) groups is 1. The molecule has 0 spiro atoms. The number of nitrogens with zero attached hydrogens (tertiary/aromatic N) is 1. The summed E-state index contributed by atoms with van der Waals surface area (Å²) in [4.78, 5) is 18.8. The molecule has 4 rings (SSSR count). The Morgan fingerprint density at radius 1 is 1.18 bits per heavy atom. The van der Waals surface area contributed by atoms with Gasteiger partial charge in [-0.15, -0.1) is 0 Å². The standard InChI is InChI=1S/C25H33N3O4S/c1-3-33(31,32)17-10-11-23-20(15-17)21(25(30)27-23)16-24-19(8-6-12-28(2)13-14-29)18-7-4-5-9-22(18)26-24/h10-11,15-16,26,29H,3-9,12-14H2,1-2H3,(H,27,30)/b21-16+. The van der Waals surface area contributed by atoms with Gasteiger partial charge in [0.15, 0.2) is 9.84 Å². The van der Waals surface area contributed by atoms with E-state index in [1.807, 2.05) is 13.1 Å². The average molecular weight is 472 g/mol. The fraction of sp³-hybridized carbons (Fsp3) is 0.480. The van der Waals surface area contributed by atoms with Gasteiger partial charge < -0.3 is 20.3 Å². The molecule has 0 atom stereocenters. The highest BCUT2D eigenvalue weighted by Crippen LogP contribution is 2.37. The summed E-state index contributed by atoms with van der Waals surface area (Å²) in [7, 11) is -1.36. The number of sulfone groups is 1. The lowest BCUT2D eigenvalue weighted by Gasteiger charge is -2.16. The van der Waals surface area contributed by atoms with Crippen LogP contribution in [0.4, 0.5) is 5.69 Å². The van der Waals surface area contributed by atoms with E-state index in [0.29, 0.717) is 23.4 Å². The molecule has 1 aromatic carbocycles. The highest BCUT2D eigenvalue weighted by molar-refractivity contribution is 7.91. The quantitative estimate of drug-likeness (QED) is 0.488. The fourth-order valence-corrected chi connectivity index (χ4v) is 5.71. The van der Waals surface area contributed by atoms with Crippen molar-refractivity contribution in [1.82, 2.24) is 9.88 Å². The number of aromatic amines is 1. The first-order chi connectivity index (χ1) is 15.8. The van der Waals surface area contributed by atoms with Gasteiger partial charge >= 0.3 is 0 Å². The predicted octanol–water partition coefficient (Wildman–Crippen LogP) is 3.04. The molecule has 1 aliphatic carbocycles. The van der Waals surface area contributed by atoms with Crippen LogP contribution in [0.1, 0.15) is 54.3 Å². The number of anilines is 1.